The minimum absolute atomic E-state index is 0.00195. The molecule has 3 N–H and O–H groups in total. The number of imidazole rings is 2. The fourth-order valence-electron chi connectivity index (χ4n) is 7.28. The molecule has 0 spiro atoms. The number of esters is 4. The second-order valence-corrected chi connectivity index (χ2v) is 23.6. The molecule has 0 unspecified atom stereocenters. The van der Waals surface area contributed by atoms with Gasteiger partial charge in [0.2, 0.25) is 5.91 Å². The van der Waals surface area contributed by atoms with Gasteiger partial charge in [-0.1, -0.05) is 34.1 Å². The molecule has 0 aromatic carbocycles. The topological polar surface area (TPSA) is 231 Å². The number of urea groups is 1. The second-order valence-electron chi connectivity index (χ2n) is 23.6. The van der Waals surface area contributed by atoms with Gasteiger partial charge in [0.1, 0.15) is 53.2 Å². The fourth-order valence-corrected chi connectivity index (χ4v) is 7.28. The van der Waals surface area contributed by atoms with E-state index in [1.165, 1.54) is 0 Å². The van der Waals surface area contributed by atoms with E-state index >= 15 is 0 Å². The molecule has 0 aliphatic heterocycles. The number of carbonyl (C=O) groups is 7. The van der Waals surface area contributed by atoms with E-state index in [-0.39, 0.29) is 67.3 Å². The van der Waals surface area contributed by atoms with Crippen LogP contribution < -0.4 is 16.0 Å². The number of nitrogens with zero attached hydrogens (tertiary/aromatic N) is 5. The van der Waals surface area contributed by atoms with E-state index in [1.54, 1.807) is 75.5 Å². The maximum atomic E-state index is 13.5. The highest BCUT2D eigenvalue weighted by atomic mass is 16.6. The van der Waals surface area contributed by atoms with Crippen LogP contribution in [0.15, 0.2) is 24.8 Å². The molecular formula is C52H88N8O11. The Labute approximate surface area is 423 Å². The highest BCUT2D eigenvalue weighted by Gasteiger charge is 2.31. The molecule has 3 atom stereocenters. The molecule has 0 saturated heterocycles. The van der Waals surface area contributed by atoms with E-state index in [0.29, 0.717) is 63.5 Å². The highest BCUT2D eigenvalue weighted by molar-refractivity contribution is 5.90. The van der Waals surface area contributed by atoms with Gasteiger partial charge in [-0.3, -0.25) is 28.9 Å². The van der Waals surface area contributed by atoms with Gasteiger partial charge in [0.15, 0.2) is 5.78 Å². The van der Waals surface area contributed by atoms with Gasteiger partial charge in [-0.25, -0.2) is 19.6 Å². The number of Topliss-reactive ketones (excluding diaryl/α,β-unsaturated/α-hetero) is 1. The number of unbranched alkanes of at least 4 members (excludes halogenated alkanes) is 2. The fraction of sp³-hybridized carbons (Fsp3) is 0.750. The molecule has 2 aromatic rings. The first-order valence-corrected chi connectivity index (χ1v) is 25.1. The van der Waals surface area contributed by atoms with E-state index in [9.17, 15) is 33.6 Å². The number of hydrogen-bond donors (Lipinski definition) is 3. The number of nitrogens with one attached hydrogen (secondary N) is 3. The van der Waals surface area contributed by atoms with Gasteiger partial charge in [-0.05, 0) is 134 Å². The van der Waals surface area contributed by atoms with Crippen molar-refractivity contribution in [3.63, 3.8) is 0 Å². The van der Waals surface area contributed by atoms with Crippen molar-refractivity contribution >= 4 is 41.6 Å². The molecule has 0 saturated carbocycles. The van der Waals surface area contributed by atoms with Crippen LogP contribution in [0, 0.1) is 11.3 Å². The maximum absolute atomic E-state index is 13.5. The van der Waals surface area contributed by atoms with Gasteiger partial charge < -0.3 is 44.0 Å². The lowest BCUT2D eigenvalue weighted by Gasteiger charge is -2.27. The van der Waals surface area contributed by atoms with Crippen molar-refractivity contribution in [2.45, 2.75) is 229 Å². The Bertz CT molecular complexity index is 1970. The second kappa shape index (κ2) is 27.5. The first-order valence-electron chi connectivity index (χ1n) is 25.1. The van der Waals surface area contributed by atoms with Crippen LogP contribution in [0.5, 0.6) is 0 Å². The summed E-state index contributed by atoms with van der Waals surface area (Å²) in [6.45, 7) is 30.7. The van der Waals surface area contributed by atoms with Crippen molar-refractivity contribution in [2.24, 2.45) is 11.3 Å². The van der Waals surface area contributed by atoms with Crippen molar-refractivity contribution < 1.29 is 52.5 Å². The Kier molecular flexibility index (Phi) is 23.9. The van der Waals surface area contributed by atoms with Crippen LogP contribution in [0.2, 0.25) is 0 Å². The number of carbonyl (C=O) groups excluding carboxylic acids is 7. The summed E-state index contributed by atoms with van der Waals surface area (Å²) in [6, 6.07) is -2.77. The van der Waals surface area contributed by atoms with Crippen LogP contribution >= 0.6 is 0 Å². The van der Waals surface area contributed by atoms with Crippen LogP contribution in [0.4, 0.5) is 4.79 Å². The van der Waals surface area contributed by atoms with Crippen molar-refractivity contribution in [1.82, 2.24) is 40.0 Å². The number of ketones is 1. The van der Waals surface area contributed by atoms with Gasteiger partial charge in [0.25, 0.3) is 0 Å². The zero-order valence-corrected chi connectivity index (χ0v) is 45.9. The van der Waals surface area contributed by atoms with Crippen molar-refractivity contribution in [2.75, 3.05) is 13.1 Å². The standard InChI is InChI=1S/C52H88N8O11/c1-36(21-18-20-28-58(32-40-53-26-29-59(40)34-43(63)69-50(8,9)10)33-41-54-27-30-60(41)35-44(64)70-51(11,12)13)45(65)55-25-19-17-22-37(39(61)31-48(2,3)4)56-47(67)57-38(46(66)71-52(14,15)16)23-24-42(62)68-49(5,6)7/h26-27,29-30,36-38H,17-25,28,31-35H2,1-16H3,(H,55,65)(H2,56,57,67)/t36-,37-,38-/m0/s1. The predicted octanol–water partition coefficient (Wildman–Crippen LogP) is 7.36. The molecule has 2 rings (SSSR count). The normalized spacial score (nSPS) is 13.7. The lowest BCUT2D eigenvalue weighted by Crippen LogP contribution is -2.52. The van der Waals surface area contributed by atoms with E-state index < -0.39 is 52.5 Å². The average Bonchev–Trinajstić information content (AvgIpc) is 3.81. The molecule has 2 aromatic heterocycles. The molecule has 402 valence electrons. The maximum Gasteiger partial charge on any atom is 0.329 e. The molecule has 19 nitrogen and oxygen atoms in total. The van der Waals surface area contributed by atoms with Gasteiger partial charge in [-0.15, -0.1) is 0 Å². The summed E-state index contributed by atoms with van der Waals surface area (Å²) < 4.78 is 25.6. The summed E-state index contributed by atoms with van der Waals surface area (Å²) >= 11 is 0. The lowest BCUT2D eigenvalue weighted by atomic mass is 9.87. The first-order chi connectivity index (χ1) is 32.6. The number of rotatable bonds is 27. The molecule has 0 fully saturated rings. The molecule has 0 bridgehead atoms. The summed E-state index contributed by atoms with van der Waals surface area (Å²) in [4.78, 5) is 102. The van der Waals surface area contributed by atoms with E-state index in [0.717, 1.165) is 12.8 Å². The van der Waals surface area contributed by atoms with Gasteiger partial charge >= 0.3 is 29.9 Å². The third-order valence-corrected chi connectivity index (χ3v) is 10.3. The SMILES string of the molecule is C[C@@H](CCCCN(Cc1nccn1CC(=O)OC(C)(C)C)Cc1nccn1CC(=O)OC(C)(C)C)C(=O)NCCCC[C@H](NC(=O)N[C@@H](CCC(=O)OC(C)(C)C)C(=O)OC(C)(C)C)C(=O)CC(C)(C)C. The molecule has 3 amide bonds. The summed E-state index contributed by atoms with van der Waals surface area (Å²) in [7, 11) is 0. The summed E-state index contributed by atoms with van der Waals surface area (Å²) in [5, 5.41) is 8.41. The molecule has 0 aliphatic carbocycles. The minimum Gasteiger partial charge on any atom is -0.460 e. The Hall–Kier alpha value is -5.33. The minimum atomic E-state index is -1.17. The monoisotopic (exact) mass is 1000 g/mol. The van der Waals surface area contributed by atoms with E-state index in [2.05, 4.69) is 30.8 Å². The van der Waals surface area contributed by atoms with Gasteiger partial charge in [0, 0.05) is 50.1 Å². The third-order valence-electron chi connectivity index (χ3n) is 10.3. The van der Waals surface area contributed by atoms with Crippen LogP contribution in [0.1, 0.15) is 180 Å². The summed E-state index contributed by atoms with van der Waals surface area (Å²) in [6.07, 6.45) is 10.3. The predicted molar refractivity (Wildman–Crippen MR) is 269 cm³/mol. The molecule has 71 heavy (non-hydrogen) atoms. The summed E-state index contributed by atoms with van der Waals surface area (Å²) in [5.74, 6) is -1.19. The lowest BCUT2D eigenvalue weighted by molar-refractivity contribution is -0.159. The largest absolute Gasteiger partial charge is 0.460 e. The Morgan fingerprint density at radius 3 is 1.54 bits per heavy atom. The smallest absolute Gasteiger partial charge is 0.329 e. The Morgan fingerprint density at radius 1 is 0.592 bits per heavy atom. The van der Waals surface area contributed by atoms with Crippen molar-refractivity contribution in [3.8, 4) is 0 Å². The molecular weight excluding hydrogens is 913 g/mol. The van der Waals surface area contributed by atoms with Crippen molar-refractivity contribution in [3.05, 3.63) is 36.4 Å². The van der Waals surface area contributed by atoms with Gasteiger partial charge in [0.05, 0.1) is 19.1 Å². The molecule has 19 heteroatoms. The quantitative estimate of drug-likeness (QED) is 0.0451. The first kappa shape index (κ1) is 61.8. The van der Waals surface area contributed by atoms with Crippen LogP contribution in [-0.4, -0.2) is 113 Å². The highest BCUT2D eigenvalue weighted by Crippen LogP contribution is 2.22. The Balaban J connectivity index is 2.03. The molecule has 2 heterocycles. The number of aromatic nitrogens is 4. The van der Waals surface area contributed by atoms with Crippen LogP contribution in [0.25, 0.3) is 0 Å². The number of amides is 3. The molecule has 0 aliphatic rings. The third kappa shape index (κ3) is 27.8. The zero-order valence-electron chi connectivity index (χ0n) is 45.9. The van der Waals surface area contributed by atoms with Crippen LogP contribution in [-0.2, 0) is 73.9 Å². The van der Waals surface area contributed by atoms with Crippen molar-refractivity contribution in [1.29, 1.82) is 0 Å². The van der Waals surface area contributed by atoms with Gasteiger partial charge in [-0.2, -0.15) is 0 Å². The number of hydrogen-bond acceptors (Lipinski definition) is 14. The Morgan fingerprint density at radius 2 is 1.06 bits per heavy atom. The van der Waals surface area contributed by atoms with E-state index in [4.69, 9.17) is 18.9 Å². The zero-order chi connectivity index (χ0) is 54.0. The number of ether oxygens (including phenoxy) is 4. The molecule has 0 radical (unpaired) electrons. The van der Waals surface area contributed by atoms with E-state index in [1.807, 2.05) is 69.2 Å². The summed E-state index contributed by atoms with van der Waals surface area (Å²) in [5.41, 5.74) is -3.18. The average molecular weight is 1000 g/mol. The van der Waals surface area contributed by atoms with Crippen LogP contribution in [0.3, 0.4) is 0 Å².